The number of nitrogens with zero attached hydrogens (tertiary/aromatic N) is 1. The third-order valence-electron chi connectivity index (χ3n) is 4.62. The zero-order valence-electron chi connectivity index (χ0n) is 12.2. The van der Waals surface area contributed by atoms with Gasteiger partial charge in [-0.15, -0.1) is 0 Å². The molecule has 3 rings (SSSR count). The van der Waals surface area contributed by atoms with Gasteiger partial charge < -0.3 is 9.64 Å². The van der Waals surface area contributed by atoms with Crippen molar-refractivity contribution in [1.82, 2.24) is 4.90 Å². The van der Waals surface area contributed by atoms with E-state index in [0.717, 1.165) is 18.7 Å². The second kappa shape index (κ2) is 5.86. The molecular formula is C17H23NO2. The molecule has 0 aromatic heterocycles. The first-order chi connectivity index (χ1) is 9.79. The third-order valence-corrected chi connectivity index (χ3v) is 4.62. The van der Waals surface area contributed by atoms with Crippen LogP contribution >= 0.6 is 0 Å². The fourth-order valence-corrected chi connectivity index (χ4v) is 3.53. The van der Waals surface area contributed by atoms with E-state index in [1.54, 1.807) is 0 Å². The Kier molecular flexibility index (Phi) is 3.95. The molecular weight excluding hydrogens is 250 g/mol. The molecule has 20 heavy (non-hydrogen) atoms. The largest absolute Gasteiger partial charge is 0.492 e. The van der Waals surface area contributed by atoms with Crippen molar-refractivity contribution in [3.05, 3.63) is 29.8 Å². The minimum absolute atomic E-state index is 0.00884. The molecule has 1 aromatic carbocycles. The van der Waals surface area contributed by atoms with Crippen LogP contribution < -0.4 is 4.74 Å². The van der Waals surface area contributed by atoms with Gasteiger partial charge in [-0.1, -0.05) is 31.0 Å². The first kappa shape index (κ1) is 13.5. The number of benzene rings is 1. The second-order valence-electron chi connectivity index (χ2n) is 5.88. The van der Waals surface area contributed by atoms with Crippen molar-refractivity contribution in [3.63, 3.8) is 0 Å². The molecule has 1 aliphatic heterocycles. The van der Waals surface area contributed by atoms with Gasteiger partial charge in [-0.25, -0.2) is 0 Å². The summed E-state index contributed by atoms with van der Waals surface area (Å²) in [6.45, 7) is 3.44. The first-order valence-electron chi connectivity index (χ1n) is 7.80. The molecule has 3 heteroatoms. The van der Waals surface area contributed by atoms with E-state index in [2.05, 4.69) is 17.9 Å². The lowest BCUT2D eigenvalue weighted by atomic mass is 9.95. The summed E-state index contributed by atoms with van der Waals surface area (Å²) in [5.41, 5.74) is 1.17. The van der Waals surface area contributed by atoms with Gasteiger partial charge in [0.25, 0.3) is 0 Å². The summed E-state index contributed by atoms with van der Waals surface area (Å²) in [7, 11) is 0. The average Bonchev–Trinajstić information content (AvgIpc) is 3.01. The quantitative estimate of drug-likeness (QED) is 0.847. The van der Waals surface area contributed by atoms with Crippen molar-refractivity contribution in [2.45, 2.75) is 45.1 Å². The number of hydrogen-bond donors (Lipinski definition) is 0. The van der Waals surface area contributed by atoms with Gasteiger partial charge in [0, 0.05) is 12.6 Å². The second-order valence-corrected chi connectivity index (χ2v) is 5.88. The lowest BCUT2D eigenvalue weighted by Gasteiger charge is -2.33. The zero-order valence-corrected chi connectivity index (χ0v) is 12.2. The lowest BCUT2D eigenvalue weighted by molar-refractivity contribution is -0.139. The van der Waals surface area contributed by atoms with Crippen LogP contribution in [0.5, 0.6) is 5.75 Å². The Labute approximate surface area is 120 Å². The predicted molar refractivity (Wildman–Crippen MR) is 78.8 cm³/mol. The van der Waals surface area contributed by atoms with Gasteiger partial charge in [-0.3, -0.25) is 4.79 Å². The molecule has 0 bridgehead atoms. The number of carbonyl (C=O) groups excluding carboxylic acids is 1. The highest BCUT2D eigenvalue weighted by atomic mass is 16.5. The normalized spacial score (nSPS) is 22.1. The van der Waals surface area contributed by atoms with E-state index in [0.29, 0.717) is 12.6 Å². The van der Waals surface area contributed by atoms with Crippen molar-refractivity contribution >= 4 is 5.91 Å². The van der Waals surface area contributed by atoms with Crippen molar-refractivity contribution < 1.29 is 9.53 Å². The van der Waals surface area contributed by atoms with Gasteiger partial charge in [0.15, 0.2) is 0 Å². The molecule has 1 fully saturated rings. The summed E-state index contributed by atoms with van der Waals surface area (Å²) < 4.78 is 5.77. The van der Waals surface area contributed by atoms with Crippen LogP contribution in [0.25, 0.3) is 0 Å². The minimum atomic E-state index is -0.00884. The number of ether oxygens (including phenoxy) is 1. The van der Waals surface area contributed by atoms with Gasteiger partial charge in [0.2, 0.25) is 5.91 Å². The average molecular weight is 273 g/mol. The lowest BCUT2D eigenvalue weighted by Crippen LogP contribution is -2.45. The number of para-hydroxylation sites is 1. The smallest absolute Gasteiger partial charge is 0.229 e. The third kappa shape index (κ3) is 2.54. The molecule has 1 heterocycles. The van der Waals surface area contributed by atoms with E-state index in [9.17, 15) is 4.79 Å². The van der Waals surface area contributed by atoms with Gasteiger partial charge in [-0.2, -0.15) is 0 Å². The fraction of sp³-hybridized carbons (Fsp3) is 0.588. The molecule has 1 amide bonds. The van der Waals surface area contributed by atoms with Crippen LogP contribution in [0.4, 0.5) is 0 Å². The molecule has 2 aliphatic rings. The first-order valence-corrected chi connectivity index (χ1v) is 7.80. The van der Waals surface area contributed by atoms with E-state index in [4.69, 9.17) is 4.74 Å². The van der Waals surface area contributed by atoms with Crippen LogP contribution in [0.15, 0.2) is 24.3 Å². The Morgan fingerprint density at radius 3 is 2.80 bits per heavy atom. The Bertz CT molecular complexity index is 480. The molecule has 1 aliphatic carbocycles. The Morgan fingerprint density at radius 2 is 2.05 bits per heavy atom. The van der Waals surface area contributed by atoms with Gasteiger partial charge in [-0.05, 0) is 37.8 Å². The summed E-state index contributed by atoms with van der Waals surface area (Å²) in [4.78, 5) is 14.9. The Morgan fingerprint density at radius 1 is 1.30 bits per heavy atom. The number of amides is 1. The fourth-order valence-electron chi connectivity index (χ4n) is 3.53. The van der Waals surface area contributed by atoms with E-state index >= 15 is 0 Å². The van der Waals surface area contributed by atoms with E-state index in [1.807, 2.05) is 18.2 Å². The highest BCUT2D eigenvalue weighted by Gasteiger charge is 2.33. The summed E-state index contributed by atoms with van der Waals surface area (Å²) >= 11 is 0. The molecule has 1 aromatic rings. The topological polar surface area (TPSA) is 29.5 Å². The number of rotatable bonds is 3. The van der Waals surface area contributed by atoms with Gasteiger partial charge in [0.05, 0.1) is 5.92 Å². The predicted octanol–water partition coefficient (Wildman–Crippen LogP) is 3.03. The standard InChI is InChI=1S/C17H23NO2/c1-2-18(15-8-4-5-9-15)17(19)14-11-13-7-3-6-10-16(13)20-12-14/h3,6-7,10,14-15H,2,4-5,8-9,11-12H2,1H3. The maximum atomic E-state index is 12.8. The van der Waals surface area contributed by atoms with Crippen LogP contribution in [0.3, 0.4) is 0 Å². The Balaban J connectivity index is 1.71. The molecule has 0 saturated heterocycles. The van der Waals surface area contributed by atoms with Crippen molar-refractivity contribution in [3.8, 4) is 5.75 Å². The Hall–Kier alpha value is -1.51. The maximum Gasteiger partial charge on any atom is 0.229 e. The van der Waals surface area contributed by atoms with Crippen molar-refractivity contribution in [1.29, 1.82) is 0 Å². The minimum Gasteiger partial charge on any atom is -0.492 e. The van der Waals surface area contributed by atoms with Crippen LogP contribution in [-0.2, 0) is 11.2 Å². The van der Waals surface area contributed by atoms with Crippen LogP contribution in [-0.4, -0.2) is 30.0 Å². The number of carbonyl (C=O) groups is 1. The molecule has 0 spiro atoms. The molecule has 0 N–H and O–H groups in total. The highest BCUT2D eigenvalue weighted by Crippen LogP contribution is 2.30. The molecule has 1 saturated carbocycles. The monoisotopic (exact) mass is 273 g/mol. The summed E-state index contributed by atoms with van der Waals surface area (Å²) in [5.74, 6) is 1.22. The van der Waals surface area contributed by atoms with E-state index < -0.39 is 0 Å². The van der Waals surface area contributed by atoms with Gasteiger partial charge >= 0.3 is 0 Å². The van der Waals surface area contributed by atoms with E-state index in [1.165, 1.54) is 31.2 Å². The molecule has 108 valence electrons. The van der Waals surface area contributed by atoms with Crippen molar-refractivity contribution in [2.24, 2.45) is 5.92 Å². The van der Waals surface area contributed by atoms with Crippen LogP contribution in [0.1, 0.15) is 38.2 Å². The highest BCUT2D eigenvalue weighted by molar-refractivity contribution is 5.80. The molecule has 3 nitrogen and oxygen atoms in total. The molecule has 1 atom stereocenters. The number of hydrogen-bond acceptors (Lipinski definition) is 2. The van der Waals surface area contributed by atoms with Crippen LogP contribution in [0.2, 0.25) is 0 Å². The van der Waals surface area contributed by atoms with Crippen LogP contribution in [0, 0.1) is 5.92 Å². The number of fused-ring (bicyclic) bond motifs is 1. The SMILES string of the molecule is CCN(C(=O)C1COc2ccccc2C1)C1CCCC1. The summed E-state index contributed by atoms with van der Waals surface area (Å²) in [5, 5.41) is 0. The zero-order chi connectivity index (χ0) is 13.9. The molecule has 0 radical (unpaired) electrons. The van der Waals surface area contributed by atoms with Crippen molar-refractivity contribution in [2.75, 3.05) is 13.2 Å². The van der Waals surface area contributed by atoms with Gasteiger partial charge in [0.1, 0.15) is 12.4 Å². The maximum absolute atomic E-state index is 12.8. The molecule has 1 unspecified atom stereocenters. The summed E-state index contributed by atoms with van der Waals surface area (Å²) in [6.07, 6.45) is 5.68. The van der Waals surface area contributed by atoms with E-state index in [-0.39, 0.29) is 11.8 Å². The summed E-state index contributed by atoms with van der Waals surface area (Å²) in [6, 6.07) is 8.52.